The van der Waals surface area contributed by atoms with Crippen molar-refractivity contribution in [1.82, 2.24) is 0 Å². The summed E-state index contributed by atoms with van der Waals surface area (Å²) >= 11 is 0. The van der Waals surface area contributed by atoms with Crippen LogP contribution in [0.2, 0.25) is 0 Å². The van der Waals surface area contributed by atoms with Gasteiger partial charge in [-0.05, 0) is 60.5 Å². The van der Waals surface area contributed by atoms with Gasteiger partial charge >= 0.3 is 0 Å². The van der Waals surface area contributed by atoms with E-state index in [2.05, 4.69) is 126 Å². The van der Waals surface area contributed by atoms with Crippen LogP contribution >= 0.6 is 15.8 Å². The van der Waals surface area contributed by atoms with Crippen LogP contribution in [0.3, 0.4) is 0 Å². The molecule has 2 unspecified atom stereocenters. The van der Waals surface area contributed by atoms with Crippen LogP contribution in [-0.2, 0) is 0 Å². The number of hydrogen-bond donors (Lipinski definition) is 0. The van der Waals surface area contributed by atoms with Gasteiger partial charge in [0.2, 0.25) is 0 Å². The molecule has 4 heteroatoms. The smallest absolute Gasteiger partial charge is 0.136 e. The first kappa shape index (κ1) is 25.6. The van der Waals surface area contributed by atoms with Gasteiger partial charge in [-0.3, -0.25) is 0 Å². The van der Waals surface area contributed by atoms with Crippen molar-refractivity contribution in [2.75, 3.05) is 12.7 Å². The third kappa shape index (κ3) is 4.37. The lowest BCUT2D eigenvalue weighted by atomic mass is 9.96. The minimum absolute atomic E-state index is 0.142. The zero-order valence-electron chi connectivity index (χ0n) is 23.2. The minimum Gasteiger partial charge on any atom is -0.488 e. The van der Waals surface area contributed by atoms with Crippen LogP contribution in [0.4, 0.5) is 0 Å². The molecule has 0 fully saturated rings. The Balaban J connectivity index is 1.62. The number of ether oxygens (including phenoxy) is 2. The summed E-state index contributed by atoms with van der Waals surface area (Å²) in [6, 6.07) is 30.6. The van der Waals surface area contributed by atoms with Gasteiger partial charge in [-0.1, -0.05) is 114 Å². The summed E-state index contributed by atoms with van der Waals surface area (Å²) < 4.78 is 13.2. The van der Waals surface area contributed by atoms with Gasteiger partial charge < -0.3 is 9.47 Å². The molecule has 2 aliphatic rings. The highest BCUT2D eigenvalue weighted by Crippen LogP contribution is 2.61. The number of fused-ring (bicyclic) bond motifs is 2. The SMILES string of the molecule is CC(C)(C)P1COc2c(-c3ccccc3)ccc(-c3ccc(-c4ccccc4)c4c3P(C(C)(C)C)CO4)c21. The molecular weight excluding hydrogens is 502 g/mol. The molecule has 4 aromatic carbocycles. The molecule has 0 aliphatic carbocycles. The van der Waals surface area contributed by atoms with Crippen molar-refractivity contribution in [3.63, 3.8) is 0 Å². The zero-order chi connectivity index (χ0) is 26.7. The van der Waals surface area contributed by atoms with E-state index >= 15 is 0 Å². The molecule has 0 bridgehead atoms. The molecule has 0 amide bonds. The van der Waals surface area contributed by atoms with Gasteiger partial charge in [-0.25, -0.2) is 0 Å². The Bertz CT molecular complexity index is 1370. The maximum Gasteiger partial charge on any atom is 0.136 e. The molecule has 2 aliphatic heterocycles. The molecule has 4 aromatic rings. The van der Waals surface area contributed by atoms with Gasteiger partial charge in [-0.15, -0.1) is 0 Å². The summed E-state index contributed by atoms with van der Waals surface area (Å²) in [4.78, 5) is 0. The average Bonchev–Trinajstić information content (AvgIpc) is 3.54. The van der Waals surface area contributed by atoms with E-state index in [1.165, 1.54) is 44.0 Å². The Kier molecular flexibility index (Phi) is 6.41. The van der Waals surface area contributed by atoms with Crippen LogP contribution in [-0.4, -0.2) is 23.0 Å². The lowest BCUT2D eigenvalue weighted by molar-refractivity contribution is 0.401. The lowest BCUT2D eigenvalue weighted by Gasteiger charge is -2.30. The van der Waals surface area contributed by atoms with Gasteiger partial charge in [0.05, 0.1) is 0 Å². The summed E-state index contributed by atoms with van der Waals surface area (Å²) in [6.45, 7) is 14.2. The van der Waals surface area contributed by atoms with Gasteiger partial charge in [0.1, 0.15) is 24.2 Å². The summed E-state index contributed by atoms with van der Waals surface area (Å²) in [6.07, 6.45) is 1.56. The van der Waals surface area contributed by atoms with Crippen molar-refractivity contribution in [3.05, 3.63) is 84.9 Å². The lowest BCUT2D eigenvalue weighted by Crippen LogP contribution is -2.22. The van der Waals surface area contributed by atoms with Gasteiger partial charge in [0, 0.05) is 21.7 Å². The molecule has 0 aromatic heterocycles. The van der Waals surface area contributed by atoms with E-state index in [4.69, 9.17) is 9.47 Å². The maximum atomic E-state index is 6.59. The first-order valence-corrected chi connectivity index (χ1v) is 16.5. The summed E-state index contributed by atoms with van der Waals surface area (Å²) in [5.41, 5.74) is 7.49. The van der Waals surface area contributed by atoms with Crippen LogP contribution < -0.4 is 20.1 Å². The van der Waals surface area contributed by atoms with E-state index in [1.54, 1.807) is 0 Å². The van der Waals surface area contributed by atoms with E-state index in [9.17, 15) is 0 Å². The molecule has 2 heterocycles. The third-order valence-electron chi connectivity index (χ3n) is 7.56. The highest BCUT2D eigenvalue weighted by atomic mass is 31.1. The molecule has 194 valence electrons. The normalized spacial score (nSPS) is 18.5. The largest absolute Gasteiger partial charge is 0.488 e. The van der Waals surface area contributed by atoms with E-state index < -0.39 is 15.8 Å². The minimum atomic E-state index is -0.509. The Morgan fingerprint density at radius 2 is 0.816 bits per heavy atom. The van der Waals surface area contributed by atoms with Crippen LogP contribution in [0, 0.1) is 0 Å². The fraction of sp³-hybridized carbons (Fsp3) is 0.294. The van der Waals surface area contributed by atoms with E-state index in [0.717, 1.165) is 24.2 Å². The number of benzene rings is 4. The molecule has 0 N–H and O–H groups in total. The summed E-state index contributed by atoms with van der Waals surface area (Å²) in [5.74, 6) is 2.16. The van der Waals surface area contributed by atoms with Crippen molar-refractivity contribution in [2.45, 2.75) is 51.9 Å². The van der Waals surface area contributed by atoms with Gasteiger partial charge in [0.15, 0.2) is 0 Å². The Labute approximate surface area is 229 Å². The average molecular weight is 539 g/mol. The monoisotopic (exact) mass is 538 g/mol. The Hall–Kier alpha value is -2.66. The second kappa shape index (κ2) is 9.51. The molecular formula is C34H36O2P2. The second-order valence-electron chi connectivity index (χ2n) is 12.2. The van der Waals surface area contributed by atoms with Crippen molar-refractivity contribution in [2.24, 2.45) is 0 Å². The molecule has 6 rings (SSSR count). The van der Waals surface area contributed by atoms with E-state index in [-0.39, 0.29) is 10.3 Å². The molecule has 38 heavy (non-hydrogen) atoms. The van der Waals surface area contributed by atoms with E-state index in [1.807, 2.05) is 0 Å². The first-order chi connectivity index (χ1) is 18.1. The Morgan fingerprint density at radius 1 is 0.474 bits per heavy atom. The number of rotatable bonds is 3. The summed E-state index contributed by atoms with van der Waals surface area (Å²) in [7, 11) is -1.02. The second-order valence-corrected chi connectivity index (χ2v) is 18.0. The number of hydrogen-bond acceptors (Lipinski definition) is 2. The van der Waals surface area contributed by atoms with Crippen molar-refractivity contribution in [1.29, 1.82) is 0 Å². The van der Waals surface area contributed by atoms with Gasteiger partial charge in [-0.2, -0.15) is 0 Å². The molecule has 0 saturated carbocycles. The van der Waals surface area contributed by atoms with Gasteiger partial charge in [0.25, 0.3) is 0 Å². The standard InChI is InChI=1S/C34H36O2P2/c1-33(2,3)37-21-35-29-25(23-13-9-7-10-14-23)17-19-27(31(29)37)28-20-18-26(24-15-11-8-12-16-24)30-32(28)38(22-36-30)34(4,5)6/h7-20H,21-22H2,1-6H3. The fourth-order valence-electron chi connectivity index (χ4n) is 5.54. The van der Waals surface area contributed by atoms with Crippen molar-refractivity contribution < 1.29 is 9.47 Å². The zero-order valence-corrected chi connectivity index (χ0v) is 25.0. The van der Waals surface area contributed by atoms with Crippen LogP contribution in [0.15, 0.2) is 84.9 Å². The maximum absolute atomic E-state index is 6.59. The third-order valence-corrected chi connectivity index (χ3v) is 13.5. The van der Waals surface area contributed by atoms with E-state index in [0.29, 0.717) is 0 Å². The van der Waals surface area contributed by atoms with Crippen LogP contribution in [0.1, 0.15) is 41.5 Å². The quantitative estimate of drug-likeness (QED) is 0.242. The molecule has 0 saturated heterocycles. The molecule has 0 radical (unpaired) electrons. The van der Waals surface area contributed by atoms with Crippen LogP contribution in [0.25, 0.3) is 33.4 Å². The molecule has 2 atom stereocenters. The summed E-state index contributed by atoms with van der Waals surface area (Å²) in [5, 5.41) is 3.12. The predicted octanol–water partition coefficient (Wildman–Crippen LogP) is 9.20. The topological polar surface area (TPSA) is 18.5 Å². The highest BCUT2D eigenvalue weighted by Gasteiger charge is 2.41. The molecule has 2 nitrogen and oxygen atoms in total. The highest BCUT2D eigenvalue weighted by molar-refractivity contribution is 7.68. The first-order valence-electron chi connectivity index (χ1n) is 13.4. The predicted molar refractivity (Wildman–Crippen MR) is 166 cm³/mol. The van der Waals surface area contributed by atoms with Crippen molar-refractivity contribution >= 4 is 26.5 Å². The fourth-order valence-corrected chi connectivity index (χ4v) is 10.3. The van der Waals surface area contributed by atoms with Crippen molar-refractivity contribution in [3.8, 4) is 44.9 Å². The van der Waals surface area contributed by atoms with Crippen LogP contribution in [0.5, 0.6) is 11.5 Å². The molecule has 0 spiro atoms. The Morgan fingerprint density at radius 3 is 1.16 bits per heavy atom.